The van der Waals surface area contributed by atoms with Gasteiger partial charge in [-0.15, -0.1) is 5.10 Å². The predicted molar refractivity (Wildman–Crippen MR) is 110 cm³/mol. The molecule has 3 aromatic heterocycles. The molecule has 0 aromatic carbocycles. The fraction of sp³-hybridized carbons (Fsp3) is 0.474. The summed E-state index contributed by atoms with van der Waals surface area (Å²) in [5.74, 6) is 0.146. The van der Waals surface area contributed by atoms with Crippen molar-refractivity contribution in [2.75, 3.05) is 13.1 Å². The van der Waals surface area contributed by atoms with Crippen molar-refractivity contribution in [1.82, 2.24) is 29.3 Å². The summed E-state index contributed by atoms with van der Waals surface area (Å²) >= 11 is 0. The summed E-state index contributed by atoms with van der Waals surface area (Å²) in [7, 11) is -0.865. The number of nitrogens with zero attached hydrogens (tertiary/aromatic N) is 5. The van der Waals surface area contributed by atoms with Crippen molar-refractivity contribution in [3.8, 4) is 5.95 Å². The van der Waals surface area contributed by atoms with E-state index in [4.69, 9.17) is 0 Å². The lowest BCUT2D eigenvalue weighted by molar-refractivity contribution is 0.0725. The van der Waals surface area contributed by atoms with Gasteiger partial charge in [0.15, 0.2) is 0 Å². The first-order chi connectivity index (χ1) is 13.9. The predicted octanol–water partition coefficient (Wildman–Crippen LogP) is 1.28. The van der Waals surface area contributed by atoms with Crippen molar-refractivity contribution in [1.29, 1.82) is 0 Å². The fourth-order valence-electron chi connectivity index (χ4n) is 3.71. The lowest BCUT2D eigenvalue weighted by Crippen LogP contribution is -2.42. The number of carbonyl (C=O) groups excluding carboxylic acids is 1. The van der Waals surface area contributed by atoms with E-state index < -0.39 is 10.8 Å². The molecular formula is C19H24N6O3S. The molecule has 1 N–H and O–H groups in total. The molecule has 1 atom stereocenters. The van der Waals surface area contributed by atoms with Crippen LogP contribution in [0.25, 0.3) is 11.5 Å². The smallest absolute Gasteiger partial charge is 0.276 e. The molecule has 1 fully saturated rings. The Kier molecular flexibility index (Phi) is 5.12. The molecule has 1 amide bonds. The molecule has 1 aliphatic rings. The third-order valence-electron chi connectivity index (χ3n) is 5.35. The van der Waals surface area contributed by atoms with Crippen LogP contribution in [0.15, 0.2) is 29.3 Å². The zero-order chi connectivity index (χ0) is 20.7. The molecule has 3 aromatic rings. The largest absolute Gasteiger partial charge is 0.338 e. The van der Waals surface area contributed by atoms with Crippen LogP contribution in [0.4, 0.5) is 0 Å². The van der Waals surface area contributed by atoms with E-state index in [0.717, 1.165) is 12.8 Å². The third-order valence-corrected chi connectivity index (χ3v) is 7.41. The van der Waals surface area contributed by atoms with Crippen molar-refractivity contribution in [2.24, 2.45) is 0 Å². The van der Waals surface area contributed by atoms with Crippen LogP contribution in [0.1, 0.15) is 42.7 Å². The van der Waals surface area contributed by atoms with E-state index in [-0.39, 0.29) is 27.9 Å². The Morgan fingerprint density at radius 3 is 2.72 bits per heavy atom. The highest BCUT2D eigenvalue weighted by Gasteiger charge is 2.29. The second-order valence-electron chi connectivity index (χ2n) is 7.54. The van der Waals surface area contributed by atoms with E-state index >= 15 is 0 Å². The quantitative estimate of drug-likeness (QED) is 0.690. The summed E-state index contributed by atoms with van der Waals surface area (Å²) in [5, 5.41) is 8.91. The minimum absolute atomic E-state index is 0.105. The first kappa shape index (κ1) is 19.6. The van der Waals surface area contributed by atoms with Gasteiger partial charge in [0.05, 0.1) is 17.5 Å². The van der Waals surface area contributed by atoms with Gasteiger partial charge in [-0.25, -0.2) is 9.20 Å². The summed E-state index contributed by atoms with van der Waals surface area (Å²) in [6, 6.07) is 3.42. The molecule has 0 saturated carbocycles. The Hall–Kier alpha value is -2.75. The van der Waals surface area contributed by atoms with Gasteiger partial charge in [0, 0.05) is 40.6 Å². The van der Waals surface area contributed by atoms with Crippen molar-refractivity contribution in [3.63, 3.8) is 0 Å². The van der Waals surface area contributed by atoms with Crippen LogP contribution < -0.4 is 5.56 Å². The van der Waals surface area contributed by atoms with Crippen LogP contribution in [-0.4, -0.2) is 63.0 Å². The van der Waals surface area contributed by atoms with Gasteiger partial charge in [0.25, 0.3) is 11.5 Å². The van der Waals surface area contributed by atoms with Crippen LogP contribution in [0.5, 0.6) is 0 Å². The molecule has 10 heteroatoms. The summed E-state index contributed by atoms with van der Waals surface area (Å²) < 4.78 is 15.3. The molecule has 1 unspecified atom stereocenters. The average Bonchev–Trinajstić information content (AvgIpc) is 3.33. The molecule has 4 heterocycles. The first-order valence-corrected chi connectivity index (χ1v) is 11.0. The lowest BCUT2D eigenvalue weighted by atomic mass is 10.1. The number of hydrogen-bond acceptors (Lipinski definition) is 5. The maximum atomic E-state index is 13.0. The first-order valence-electron chi connectivity index (χ1n) is 9.68. The zero-order valence-corrected chi connectivity index (χ0v) is 17.5. The molecule has 1 aliphatic heterocycles. The topological polar surface area (TPSA) is 105 Å². The van der Waals surface area contributed by atoms with Crippen LogP contribution >= 0.6 is 0 Å². The summed E-state index contributed by atoms with van der Waals surface area (Å²) in [5.41, 5.74) is 1.25. The molecular weight excluding hydrogens is 392 g/mol. The van der Waals surface area contributed by atoms with E-state index in [1.165, 1.54) is 15.4 Å². The Balaban J connectivity index is 1.55. The number of nitrogens with one attached hydrogen (secondary N) is 1. The molecule has 0 aliphatic carbocycles. The van der Waals surface area contributed by atoms with Crippen LogP contribution in [0.2, 0.25) is 0 Å². The summed E-state index contributed by atoms with van der Waals surface area (Å²) in [4.78, 5) is 29.7. The van der Waals surface area contributed by atoms with Crippen molar-refractivity contribution >= 4 is 22.2 Å². The molecule has 4 rings (SSSR count). The normalized spacial score (nSPS) is 16.6. The number of carbonyl (C=O) groups is 1. The summed E-state index contributed by atoms with van der Waals surface area (Å²) in [6.45, 7) is 6.87. The molecule has 9 nitrogen and oxygen atoms in total. The summed E-state index contributed by atoms with van der Waals surface area (Å²) in [6.07, 6.45) is 4.67. The third kappa shape index (κ3) is 3.52. The number of hydrogen-bond donors (Lipinski definition) is 1. The highest BCUT2D eigenvalue weighted by atomic mass is 32.2. The van der Waals surface area contributed by atoms with Crippen molar-refractivity contribution in [3.05, 3.63) is 46.1 Å². The number of amides is 1. The van der Waals surface area contributed by atoms with Crippen LogP contribution in [-0.2, 0) is 10.8 Å². The number of aromatic nitrogens is 5. The van der Waals surface area contributed by atoms with Gasteiger partial charge in [0.1, 0.15) is 5.52 Å². The monoisotopic (exact) mass is 416 g/mol. The van der Waals surface area contributed by atoms with Gasteiger partial charge in [-0.05, 0) is 31.9 Å². The Labute approximate surface area is 170 Å². The lowest BCUT2D eigenvalue weighted by Gasteiger charge is -2.32. The van der Waals surface area contributed by atoms with Crippen molar-refractivity contribution in [2.45, 2.75) is 44.1 Å². The zero-order valence-electron chi connectivity index (χ0n) is 16.7. The van der Waals surface area contributed by atoms with Gasteiger partial charge in [-0.1, -0.05) is 13.8 Å². The van der Waals surface area contributed by atoms with E-state index in [1.54, 1.807) is 30.2 Å². The second kappa shape index (κ2) is 7.58. The van der Waals surface area contributed by atoms with Crippen LogP contribution in [0.3, 0.4) is 0 Å². The van der Waals surface area contributed by atoms with Gasteiger partial charge in [-0.2, -0.15) is 5.10 Å². The second-order valence-corrected chi connectivity index (χ2v) is 9.81. The van der Waals surface area contributed by atoms with Gasteiger partial charge >= 0.3 is 0 Å². The molecule has 29 heavy (non-hydrogen) atoms. The highest BCUT2D eigenvalue weighted by molar-refractivity contribution is 7.86. The number of likely N-dealkylation sites (tertiary alicyclic amines) is 1. The molecule has 0 radical (unpaired) electrons. The number of aromatic amines is 1. The number of rotatable bonds is 4. The number of piperidine rings is 1. The minimum atomic E-state index is -0.865. The molecule has 1 saturated heterocycles. The Bertz CT molecular complexity index is 1140. The van der Waals surface area contributed by atoms with Gasteiger partial charge in [0.2, 0.25) is 5.95 Å². The molecule has 0 bridgehead atoms. The number of H-pyrrole nitrogens is 1. The van der Waals surface area contributed by atoms with Gasteiger partial charge in [-0.3, -0.25) is 18.8 Å². The number of fused-ring (bicyclic) bond motifs is 1. The van der Waals surface area contributed by atoms with E-state index in [0.29, 0.717) is 29.9 Å². The Morgan fingerprint density at radius 1 is 1.31 bits per heavy atom. The van der Waals surface area contributed by atoms with E-state index in [9.17, 15) is 13.8 Å². The maximum absolute atomic E-state index is 13.0. The average molecular weight is 417 g/mol. The van der Waals surface area contributed by atoms with E-state index in [1.807, 2.05) is 13.8 Å². The van der Waals surface area contributed by atoms with Crippen LogP contribution in [0, 0.1) is 6.92 Å². The van der Waals surface area contributed by atoms with Crippen molar-refractivity contribution < 1.29 is 9.00 Å². The highest BCUT2D eigenvalue weighted by Crippen LogP contribution is 2.21. The van der Waals surface area contributed by atoms with E-state index in [2.05, 4.69) is 15.2 Å². The Morgan fingerprint density at radius 2 is 2.03 bits per heavy atom. The van der Waals surface area contributed by atoms with Gasteiger partial charge < -0.3 is 4.90 Å². The standard InChI is InChI=1S/C19H24N6O3S/c1-12(2)29(28)14-6-9-23(10-7-14)18(27)15-11-20-25(13(15)3)19-21-17(26)16-5-4-8-24(16)22-19/h4-5,8,11-12,14H,6-7,9-10H2,1-3H3,(H,21,22,26). The minimum Gasteiger partial charge on any atom is -0.338 e. The maximum Gasteiger partial charge on any atom is 0.276 e. The molecule has 0 spiro atoms. The SMILES string of the molecule is Cc1c(C(=O)N2CCC(S(=O)C(C)C)CC2)cnn1-c1nn2cccc2c(=O)[nH]1. The molecule has 154 valence electrons. The fourth-order valence-corrected chi connectivity index (χ4v) is 5.15.